The van der Waals surface area contributed by atoms with Crippen LogP contribution >= 0.6 is 15.9 Å². The molecule has 1 N–H and O–H groups in total. The van der Waals surface area contributed by atoms with E-state index in [2.05, 4.69) is 41.8 Å². The number of benzene rings is 2. The Kier molecular flexibility index (Phi) is 8.02. The average molecular weight is 620 g/mol. The summed E-state index contributed by atoms with van der Waals surface area (Å²) in [7, 11) is 0. The Bertz CT molecular complexity index is 1490. The molecule has 2 fully saturated rings. The van der Waals surface area contributed by atoms with E-state index in [1.807, 2.05) is 24.3 Å². The molecule has 41 heavy (non-hydrogen) atoms. The van der Waals surface area contributed by atoms with Gasteiger partial charge in [0, 0.05) is 29.0 Å². The summed E-state index contributed by atoms with van der Waals surface area (Å²) in [6.07, 6.45) is 6.85. The lowest BCUT2D eigenvalue weighted by atomic mass is 9.62. The van der Waals surface area contributed by atoms with E-state index < -0.39 is 11.2 Å². The number of hydrogen-bond donors (Lipinski definition) is 1. The van der Waals surface area contributed by atoms with Crippen LogP contribution in [-0.2, 0) is 16.6 Å². The van der Waals surface area contributed by atoms with Crippen molar-refractivity contribution in [2.75, 3.05) is 31.6 Å². The van der Waals surface area contributed by atoms with Crippen LogP contribution in [0.15, 0.2) is 58.0 Å². The van der Waals surface area contributed by atoms with Crippen molar-refractivity contribution >= 4 is 34.0 Å². The van der Waals surface area contributed by atoms with Crippen LogP contribution in [0, 0.1) is 17.1 Å². The first-order valence-electron chi connectivity index (χ1n) is 14.2. The van der Waals surface area contributed by atoms with Gasteiger partial charge in [-0.15, -0.1) is 0 Å². The lowest BCUT2D eigenvalue weighted by molar-refractivity contribution is 0.0376. The van der Waals surface area contributed by atoms with Crippen LogP contribution in [0.1, 0.15) is 65.5 Å². The Hall–Kier alpha value is -3.39. The Labute approximate surface area is 247 Å². The number of halogens is 2. The molecule has 0 bridgehead atoms. The zero-order valence-corrected chi connectivity index (χ0v) is 24.3. The largest absolute Gasteiger partial charge is 0.355 e. The van der Waals surface area contributed by atoms with Gasteiger partial charge in [-0.3, -0.25) is 15.1 Å². The molecule has 1 saturated heterocycles. The van der Waals surface area contributed by atoms with Gasteiger partial charge in [-0.2, -0.15) is 5.26 Å². The summed E-state index contributed by atoms with van der Waals surface area (Å²) in [5.74, 6) is -0.385. The van der Waals surface area contributed by atoms with Crippen LogP contribution in [-0.4, -0.2) is 59.0 Å². The van der Waals surface area contributed by atoms with Gasteiger partial charge in [-0.1, -0.05) is 34.5 Å². The number of fused-ring (bicyclic) bond motifs is 1. The molecule has 3 heterocycles. The third-order valence-corrected chi connectivity index (χ3v) is 8.89. The average Bonchev–Trinajstić information content (AvgIpc) is 3.30. The first-order valence-corrected chi connectivity index (χ1v) is 15.0. The maximum absolute atomic E-state index is 13.5. The first kappa shape index (κ1) is 27.8. The Morgan fingerprint density at radius 2 is 1.95 bits per heavy atom. The molecule has 3 aliphatic rings. The number of aromatic nitrogens is 2. The van der Waals surface area contributed by atoms with Crippen molar-refractivity contribution in [2.24, 2.45) is 4.99 Å². The number of ether oxygens (including phenoxy) is 1. The van der Waals surface area contributed by atoms with E-state index in [1.165, 1.54) is 43.5 Å². The number of likely N-dealkylation sites (tertiary alicyclic amines) is 1. The van der Waals surface area contributed by atoms with E-state index in [9.17, 15) is 14.4 Å². The number of imidazole rings is 1. The highest BCUT2D eigenvalue weighted by Gasteiger charge is 2.48. The molecule has 212 valence electrons. The Balaban J connectivity index is 1.24. The fourth-order valence-electron chi connectivity index (χ4n) is 6.13. The molecule has 1 unspecified atom stereocenters. The van der Waals surface area contributed by atoms with E-state index in [0.29, 0.717) is 43.1 Å². The number of nitrogens with zero attached hydrogens (tertiary/aromatic N) is 5. The molecular formula is C31H32BrFN6O2. The van der Waals surface area contributed by atoms with Gasteiger partial charge in [0.05, 0.1) is 30.0 Å². The van der Waals surface area contributed by atoms with Crippen molar-refractivity contribution in [1.29, 1.82) is 5.26 Å². The van der Waals surface area contributed by atoms with Crippen LogP contribution in [0.4, 0.5) is 10.3 Å². The predicted octanol–water partition coefficient (Wildman–Crippen LogP) is 5.64. The second-order valence-electron chi connectivity index (χ2n) is 11.1. The van der Waals surface area contributed by atoms with E-state index in [-0.39, 0.29) is 18.2 Å². The minimum atomic E-state index is -0.628. The third kappa shape index (κ3) is 5.85. The quantitative estimate of drug-likeness (QED) is 0.353. The summed E-state index contributed by atoms with van der Waals surface area (Å²) in [6, 6.07) is 15.8. The molecule has 3 aromatic rings. The lowest BCUT2D eigenvalue weighted by Crippen LogP contribution is -2.42. The molecule has 6 rings (SSSR count). The standard InChI is InChI=1S/C31H32BrFN6O2/c32-23-6-4-5-22(15-23)31(20-34)17-25(18-31)39-27-16-28(41-14-13-38-11-2-1-3-12-38)35-19-26(27)36-30(39)37-29(40)21-7-9-24(33)10-8-21/h4-10,15,19,25,28H,1-3,11-14,16-18H2,(H,36,37,40). The topological polar surface area (TPSA) is 95.5 Å². The van der Waals surface area contributed by atoms with Gasteiger partial charge in [-0.05, 0) is 80.7 Å². The highest BCUT2D eigenvalue weighted by atomic mass is 79.9. The normalized spacial score (nSPS) is 23.8. The fourth-order valence-corrected chi connectivity index (χ4v) is 6.53. The van der Waals surface area contributed by atoms with Gasteiger partial charge >= 0.3 is 0 Å². The highest BCUT2D eigenvalue weighted by Crippen LogP contribution is 2.52. The van der Waals surface area contributed by atoms with E-state index in [4.69, 9.17) is 9.72 Å². The smallest absolute Gasteiger partial charge is 0.257 e. The molecular weight excluding hydrogens is 587 g/mol. The van der Waals surface area contributed by atoms with Crippen LogP contribution in [0.5, 0.6) is 0 Å². The molecule has 0 radical (unpaired) electrons. The molecule has 2 aromatic carbocycles. The monoisotopic (exact) mass is 618 g/mol. The van der Waals surface area contributed by atoms with Crippen molar-refractivity contribution in [3.63, 3.8) is 0 Å². The van der Waals surface area contributed by atoms with E-state index >= 15 is 0 Å². The maximum atomic E-state index is 13.5. The number of nitrogens with one attached hydrogen (secondary N) is 1. The summed E-state index contributed by atoms with van der Waals surface area (Å²) in [5.41, 5.74) is 2.30. The molecule has 0 spiro atoms. The van der Waals surface area contributed by atoms with Gasteiger partial charge in [0.1, 0.15) is 11.5 Å². The SMILES string of the molecule is N#CC1(c2cccc(Br)c2)CC(n2c(NC(=O)c3ccc(F)cc3)nc3c2CC(OCCN2CCCCC2)N=C3)C1. The lowest BCUT2D eigenvalue weighted by Gasteiger charge is -2.44. The zero-order valence-electron chi connectivity index (χ0n) is 22.7. The summed E-state index contributed by atoms with van der Waals surface area (Å²) < 4.78 is 22.6. The minimum Gasteiger partial charge on any atom is -0.355 e. The van der Waals surface area contributed by atoms with Crippen molar-refractivity contribution in [3.8, 4) is 6.07 Å². The van der Waals surface area contributed by atoms with E-state index in [1.54, 1.807) is 6.21 Å². The molecule has 1 atom stereocenters. The predicted molar refractivity (Wildman–Crippen MR) is 158 cm³/mol. The number of piperidine rings is 1. The Morgan fingerprint density at radius 1 is 1.17 bits per heavy atom. The highest BCUT2D eigenvalue weighted by molar-refractivity contribution is 9.10. The van der Waals surface area contributed by atoms with Crippen LogP contribution in [0.25, 0.3) is 0 Å². The number of carbonyl (C=O) groups is 1. The fraction of sp³-hybridized carbons (Fsp3) is 0.419. The van der Waals surface area contributed by atoms with Gasteiger partial charge in [0.15, 0.2) is 6.23 Å². The Morgan fingerprint density at radius 3 is 2.68 bits per heavy atom. The summed E-state index contributed by atoms with van der Waals surface area (Å²) in [4.78, 5) is 24.9. The van der Waals surface area contributed by atoms with Gasteiger partial charge in [-0.25, -0.2) is 9.37 Å². The molecule has 1 amide bonds. The number of rotatable bonds is 8. The summed E-state index contributed by atoms with van der Waals surface area (Å²) >= 11 is 3.53. The summed E-state index contributed by atoms with van der Waals surface area (Å²) in [5, 5.41) is 13.2. The number of hydrogen-bond acceptors (Lipinski definition) is 6. The summed E-state index contributed by atoms with van der Waals surface area (Å²) in [6.45, 7) is 3.72. The van der Waals surface area contributed by atoms with Gasteiger partial charge in [0.2, 0.25) is 5.95 Å². The molecule has 8 nitrogen and oxygen atoms in total. The number of carbonyl (C=O) groups excluding carboxylic acids is 1. The number of aliphatic imine (C=N–C) groups is 1. The number of nitriles is 1. The molecule has 1 aliphatic carbocycles. The van der Waals surface area contributed by atoms with Crippen molar-refractivity contribution in [2.45, 2.75) is 56.2 Å². The second kappa shape index (κ2) is 11.8. The number of anilines is 1. The molecule has 1 saturated carbocycles. The number of amides is 1. The maximum Gasteiger partial charge on any atom is 0.257 e. The van der Waals surface area contributed by atoms with Crippen molar-refractivity contribution in [3.05, 3.63) is 81.3 Å². The van der Waals surface area contributed by atoms with Gasteiger partial charge < -0.3 is 14.2 Å². The van der Waals surface area contributed by atoms with E-state index in [0.717, 1.165) is 35.4 Å². The van der Waals surface area contributed by atoms with Crippen LogP contribution in [0.3, 0.4) is 0 Å². The molecule has 1 aromatic heterocycles. The second-order valence-corrected chi connectivity index (χ2v) is 12.0. The van der Waals surface area contributed by atoms with Crippen molar-refractivity contribution < 1.29 is 13.9 Å². The molecule has 10 heteroatoms. The van der Waals surface area contributed by atoms with Crippen LogP contribution < -0.4 is 5.32 Å². The minimum absolute atomic E-state index is 0.0473. The van der Waals surface area contributed by atoms with Crippen molar-refractivity contribution in [1.82, 2.24) is 14.5 Å². The first-order chi connectivity index (χ1) is 19.9. The van der Waals surface area contributed by atoms with Crippen LogP contribution in [0.2, 0.25) is 0 Å². The molecule has 2 aliphatic heterocycles. The third-order valence-electron chi connectivity index (χ3n) is 8.39. The zero-order chi connectivity index (χ0) is 28.4. The van der Waals surface area contributed by atoms with Gasteiger partial charge in [0.25, 0.3) is 5.91 Å².